The van der Waals surface area contributed by atoms with Crippen LogP contribution in [0.2, 0.25) is 0 Å². The van der Waals surface area contributed by atoms with E-state index >= 15 is 0 Å². The van der Waals surface area contributed by atoms with Crippen molar-refractivity contribution in [1.29, 1.82) is 0 Å². The van der Waals surface area contributed by atoms with Gasteiger partial charge in [-0.15, -0.1) is 11.6 Å². The van der Waals surface area contributed by atoms with Crippen LogP contribution in [0.25, 0.3) is 0 Å². The monoisotopic (exact) mass is 359 g/mol. The van der Waals surface area contributed by atoms with Crippen LogP contribution in [0.3, 0.4) is 0 Å². The van der Waals surface area contributed by atoms with Gasteiger partial charge < -0.3 is 9.15 Å². The van der Waals surface area contributed by atoms with Crippen LogP contribution in [-0.2, 0) is 20.6 Å². The number of sulfonamides is 1. The second-order valence-electron chi connectivity index (χ2n) is 3.81. The summed E-state index contributed by atoms with van der Waals surface area (Å²) in [6.07, 6.45) is 0. The first-order valence-electron chi connectivity index (χ1n) is 5.15. The third-order valence-electron chi connectivity index (χ3n) is 2.52. The molecule has 1 rings (SSSR count). The molecule has 0 aliphatic carbocycles. The van der Waals surface area contributed by atoms with E-state index in [2.05, 4.69) is 15.9 Å². The molecule has 0 fully saturated rings. The minimum absolute atomic E-state index is 0.0728. The lowest BCUT2D eigenvalue weighted by molar-refractivity contribution is 0.149. The van der Waals surface area contributed by atoms with Crippen molar-refractivity contribution in [2.24, 2.45) is 0 Å². The summed E-state index contributed by atoms with van der Waals surface area (Å²) in [5.74, 6) is 0.515. The zero-order chi connectivity index (χ0) is 13.9. The molecule has 1 aromatic heterocycles. The Bertz CT molecular complexity index is 502. The standard InChI is InChI=1S/C10H15BrClNO4S/c1-7(6-16-3)13(2)18(14,15)9-4-8(5-12)17-10(9)11/h4,7H,5-6H2,1-3H3. The molecule has 18 heavy (non-hydrogen) atoms. The zero-order valence-electron chi connectivity index (χ0n) is 10.3. The summed E-state index contributed by atoms with van der Waals surface area (Å²) in [6.45, 7) is 2.07. The quantitative estimate of drug-likeness (QED) is 0.731. The maximum absolute atomic E-state index is 12.3. The highest BCUT2D eigenvalue weighted by atomic mass is 79.9. The SMILES string of the molecule is COCC(C)N(C)S(=O)(=O)c1cc(CCl)oc1Br. The molecule has 0 aliphatic rings. The Kier molecular flexibility index (Phi) is 5.67. The minimum atomic E-state index is -3.63. The first kappa shape index (κ1) is 16.0. The average Bonchev–Trinajstić information content (AvgIpc) is 2.70. The van der Waals surface area contributed by atoms with Crippen molar-refractivity contribution in [3.8, 4) is 0 Å². The van der Waals surface area contributed by atoms with Gasteiger partial charge in [-0.3, -0.25) is 0 Å². The van der Waals surface area contributed by atoms with Crippen LogP contribution in [0, 0.1) is 0 Å². The van der Waals surface area contributed by atoms with Gasteiger partial charge in [0.15, 0.2) is 4.67 Å². The Morgan fingerprint density at radius 1 is 1.61 bits per heavy atom. The van der Waals surface area contributed by atoms with Crippen molar-refractivity contribution >= 4 is 37.6 Å². The van der Waals surface area contributed by atoms with Gasteiger partial charge in [0.2, 0.25) is 10.0 Å². The van der Waals surface area contributed by atoms with E-state index in [1.54, 1.807) is 6.92 Å². The lowest BCUT2D eigenvalue weighted by Gasteiger charge is -2.22. The summed E-state index contributed by atoms with van der Waals surface area (Å²) in [5, 5.41) is 0. The van der Waals surface area contributed by atoms with Gasteiger partial charge in [0.05, 0.1) is 12.5 Å². The van der Waals surface area contributed by atoms with E-state index in [1.165, 1.54) is 24.5 Å². The molecule has 104 valence electrons. The molecule has 0 radical (unpaired) electrons. The van der Waals surface area contributed by atoms with Crippen LogP contribution in [0.5, 0.6) is 0 Å². The second-order valence-corrected chi connectivity index (χ2v) is 6.76. The molecular formula is C10H15BrClNO4S. The summed E-state index contributed by atoms with van der Waals surface area (Å²) in [7, 11) is -0.603. The number of methoxy groups -OCH3 is 1. The lowest BCUT2D eigenvalue weighted by Crippen LogP contribution is -2.37. The van der Waals surface area contributed by atoms with Gasteiger partial charge in [0.25, 0.3) is 0 Å². The molecule has 1 aromatic rings. The Labute approximate surface area is 120 Å². The third kappa shape index (κ3) is 3.27. The average molecular weight is 361 g/mol. The summed E-state index contributed by atoms with van der Waals surface area (Å²) in [5.41, 5.74) is 0. The fraction of sp³-hybridized carbons (Fsp3) is 0.600. The Morgan fingerprint density at radius 3 is 2.67 bits per heavy atom. The molecule has 0 amide bonds. The number of likely N-dealkylation sites (N-methyl/N-ethyl adjacent to an activating group) is 1. The molecule has 0 saturated carbocycles. The number of hydrogen-bond donors (Lipinski definition) is 0. The number of rotatable bonds is 6. The van der Waals surface area contributed by atoms with Gasteiger partial charge in [-0.25, -0.2) is 8.42 Å². The van der Waals surface area contributed by atoms with E-state index in [0.29, 0.717) is 12.4 Å². The van der Waals surface area contributed by atoms with Gasteiger partial charge in [-0.1, -0.05) is 0 Å². The summed E-state index contributed by atoms with van der Waals surface area (Å²) < 4.78 is 36.2. The normalized spacial score (nSPS) is 14.1. The topological polar surface area (TPSA) is 59.8 Å². The van der Waals surface area contributed by atoms with E-state index < -0.39 is 10.0 Å². The minimum Gasteiger partial charge on any atom is -0.452 e. The highest BCUT2D eigenvalue weighted by molar-refractivity contribution is 9.10. The van der Waals surface area contributed by atoms with Crippen molar-refractivity contribution in [2.45, 2.75) is 23.7 Å². The predicted octanol–water partition coefficient (Wildman–Crippen LogP) is 2.44. The molecule has 1 heterocycles. The van der Waals surface area contributed by atoms with Gasteiger partial charge in [-0.05, 0) is 22.9 Å². The smallest absolute Gasteiger partial charge is 0.247 e. The fourth-order valence-corrected chi connectivity index (χ4v) is 3.82. The molecule has 0 spiro atoms. The molecule has 5 nitrogen and oxygen atoms in total. The molecule has 0 saturated heterocycles. The van der Waals surface area contributed by atoms with Gasteiger partial charge >= 0.3 is 0 Å². The number of halogens is 2. The molecule has 0 bridgehead atoms. The van der Waals surface area contributed by atoms with Crippen molar-refractivity contribution < 1.29 is 17.6 Å². The summed E-state index contributed by atoms with van der Waals surface area (Å²) in [6, 6.07) is 1.14. The largest absolute Gasteiger partial charge is 0.452 e. The molecule has 8 heteroatoms. The number of alkyl halides is 1. The van der Waals surface area contributed by atoms with Crippen molar-refractivity contribution in [2.75, 3.05) is 20.8 Å². The lowest BCUT2D eigenvalue weighted by atomic mass is 10.4. The van der Waals surface area contributed by atoms with Crippen LogP contribution in [0.4, 0.5) is 0 Å². The van der Waals surface area contributed by atoms with Gasteiger partial charge in [0.1, 0.15) is 10.7 Å². The highest BCUT2D eigenvalue weighted by Gasteiger charge is 2.29. The van der Waals surface area contributed by atoms with E-state index in [9.17, 15) is 8.42 Å². The van der Waals surface area contributed by atoms with Crippen LogP contribution in [-0.4, -0.2) is 39.5 Å². The summed E-state index contributed by atoms with van der Waals surface area (Å²) in [4.78, 5) is 0.0728. The molecular weight excluding hydrogens is 346 g/mol. The number of ether oxygens (including phenoxy) is 1. The van der Waals surface area contributed by atoms with Crippen molar-refractivity contribution in [3.05, 3.63) is 16.5 Å². The summed E-state index contributed by atoms with van der Waals surface area (Å²) >= 11 is 8.70. The molecule has 0 N–H and O–H groups in total. The van der Waals surface area contributed by atoms with Gasteiger partial charge in [-0.2, -0.15) is 4.31 Å². The molecule has 1 atom stereocenters. The van der Waals surface area contributed by atoms with Crippen LogP contribution < -0.4 is 0 Å². The van der Waals surface area contributed by atoms with E-state index in [-0.39, 0.29) is 21.5 Å². The number of nitrogens with zero attached hydrogens (tertiary/aromatic N) is 1. The maximum Gasteiger partial charge on any atom is 0.247 e. The van der Waals surface area contributed by atoms with E-state index in [1.807, 2.05) is 0 Å². The number of hydrogen-bond acceptors (Lipinski definition) is 4. The Hall–Kier alpha value is -0.0800. The van der Waals surface area contributed by atoms with Crippen molar-refractivity contribution in [3.63, 3.8) is 0 Å². The van der Waals surface area contributed by atoms with E-state index in [0.717, 1.165) is 0 Å². The first-order valence-corrected chi connectivity index (χ1v) is 7.92. The predicted molar refractivity (Wildman–Crippen MR) is 72.3 cm³/mol. The van der Waals surface area contributed by atoms with Crippen LogP contribution in [0.1, 0.15) is 12.7 Å². The fourth-order valence-electron chi connectivity index (χ4n) is 1.38. The zero-order valence-corrected chi connectivity index (χ0v) is 13.5. The molecule has 0 aliphatic heterocycles. The molecule has 1 unspecified atom stereocenters. The van der Waals surface area contributed by atoms with Crippen LogP contribution in [0.15, 0.2) is 20.0 Å². The highest BCUT2D eigenvalue weighted by Crippen LogP contribution is 2.29. The first-order chi connectivity index (χ1) is 8.34. The maximum atomic E-state index is 12.3. The van der Waals surface area contributed by atoms with Crippen molar-refractivity contribution in [1.82, 2.24) is 4.31 Å². The third-order valence-corrected chi connectivity index (χ3v) is 5.62. The molecule has 0 aromatic carbocycles. The Balaban J connectivity index is 3.08. The second kappa shape index (κ2) is 6.38. The Morgan fingerprint density at radius 2 is 2.22 bits per heavy atom. The number of furan rings is 1. The van der Waals surface area contributed by atoms with E-state index in [4.69, 9.17) is 20.8 Å². The van der Waals surface area contributed by atoms with Gasteiger partial charge in [0, 0.05) is 26.3 Å². The van der Waals surface area contributed by atoms with Crippen LogP contribution >= 0.6 is 27.5 Å².